The zero-order valence-corrected chi connectivity index (χ0v) is 11.2. The lowest BCUT2D eigenvalue weighted by Crippen LogP contribution is -2.45. The Morgan fingerprint density at radius 3 is 2.79 bits per heavy atom. The highest BCUT2D eigenvalue weighted by Gasteiger charge is 2.32. The van der Waals surface area contributed by atoms with Gasteiger partial charge in [-0.3, -0.25) is 4.79 Å². The van der Waals surface area contributed by atoms with Gasteiger partial charge in [0.25, 0.3) is 0 Å². The number of hydrogen-bond acceptors (Lipinski definition) is 3. The molecule has 0 spiro atoms. The van der Waals surface area contributed by atoms with Gasteiger partial charge in [0, 0.05) is 6.54 Å². The number of nitrogens with zero attached hydrogens (tertiary/aromatic N) is 2. The molecule has 0 aliphatic carbocycles. The minimum absolute atomic E-state index is 0.0374. The summed E-state index contributed by atoms with van der Waals surface area (Å²) in [5.41, 5.74) is 1.05. The number of nitrogens with one attached hydrogen (secondary N) is 1. The van der Waals surface area contributed by atoms with Crippen molar-refractivity contribution in [1.82, 2.24) is 10.2 Å². The molecule has 0 bridgehead atoms. The second-order valence-corrected chi connectivity index (χ2v) is 5.04. The minimum atomic E-state index is -0.142. The van der Waals surface area contributed by atoms with Crippen LogP contribution >= 0.6 is 0 Å². The number of nitriles is 1. The van der Waals surface area contributed by atoms with Gasteiger partial charge in [0.15, 0.2) is 0 Å². The molecule has 1 aromatic carbocycles. The van der Waals surface area contributed by atoms with Crippen LogP contribution in [0.3, 0.4) is 0 Å². The van der Waals surface area contributed by atoms with E-state index < -0.39 is 0 Å². The maximum Gasteiger partial charge on any atom is 0.241 e. The lowest BCUT2D eigenvalue weighted by Gasteiger charge is -2.25. The van der Waals surface area contributed by atoms with Crippen LogP contribution in [0, 0.1) is 17.2 Å². The Kier molecular flexibility index (Phi) is 4.53. The first-order valence-corrected chi connectivity index (χ1v) is 6.65. The van der Waals surface area contributed by atoms with E-state index in [1.54, 1.807) is 4.90 Å². The van der Waals surface area contributed by atoms with Crippen LogP contribution in [-0.2, 0) is 11.3 Å². The molecule has 1 aromatic rings. The molecule has 2 unspecified atom stereocenters. The molecule has 0 saturated carbocycles. The number of benzene rings is 1. The van der Waals surface area contributed by atoms with Gasteiger partial charge >= 0.3 is 0 Å². The molecule has 1 heterocycles. The molecule has 0 aromatic heterocycles. The van der Waals surface area contributed by atoms with E-state index in [1.165, 1.54) is 0 Å². The summed E-state index contributed by atoms with van der Waals surface area (Å²) < 4.78 is 0. The van der Waals surface area contributed by atoms with Crippen LogP contribution in [-0.4, -0.2) is 29.9 Å². The smallest absolute Gasteiger partial charge is 0.241 e. The monoisotopic (exact) mass is 257 g/mol. The highest BCUT2D eigenvalue weighted by atomic mass is 16.2. The highest BCUT2D eigenvalue weighted by molar-refractivity contribution is 5.82. The van der Waals surface area contributed by atoms with Crippen LogP contribution in [0.4, 0.5) is 0 Å². The molecule has 1 aliphatic rings. The van der Waals surface area contributed by atoms with Gasteiger partial charge in [-0.25, -0.2) is 0 Å². The molecule has 4 heteroatoms. The number of carbonyl (C=O) groups excluding carboxylic acids is 1. The van der Waals surface area contributed by atoms with Gasteiger partial charge < -0.3 is 10.2 Å². The molecule has 1 amide bonds. The van der Waals surface area contributed by atoms with Crippen LogP contribution in [0.5, 0.6) is 0 Å². The zero-order valence-electron chi connectivity index (χ0n) is 11.2. The summed E-state index contributed by atoms with van der Waals surface area (Å²) in [6.07, 6.45) is 1.02. The topological polar surface area (TPSA) is 56.1 Å². The molecule has 1 aliphatic heterocycles. The van der Waals surface area contributed by atoms with E-state index in [9.17, 15) is 4.79 Å². The Labute approximate surface area is 114 Å². The standard InChI is InChI=1S/C15H19N3O/c1-12-7-9-17-14(12)15(19)18(10-8-16)11-13-5-3-2-4-6-13/h2-6,12,14,17H,7,9-11H2,1H3. The van der Waals surface area contributed by atoms with Crippen LogP contribution in [0.1, 0.15) is 18.9 Å². The summed E-state index contributed by atoms with van der Waals surface area (Å²) in [7, 11) is 0. The highest BCUT2D eigenvalue weighted by Crippen LogP contribution is 2.17. The molecule has 0 radical (unpaired) electrons. The quantitative estimate of drug-likeness (QED) is 0.832. The van der Waals surface area contributed by atoms with E-state index >= 15 is 0 Å². The Morgan fingerprint density at radius 2 is 2.21 bits per heavy atom. The number of rotatable bonds is 4. The molecule has 1 N–H and O–H groups in total. The third kappa shape index (κ3) is 3.33. The maximum atomic E-state index is 12.5. The number of hydrogen-bond donors (Lipinski definition) is 1. The summed E-state index contributed by atoms with van der Waals surface area (Å²) in [5, 5.41) is 12.1. The Morgan fingerprint density at radius 1 is 1.47 bits per heavy atom. The van der Waals surface area contributed by atoms with Crippen molar-refractivity contribution in [1.29, 1.82) is 5.26 Å². The van der Waals surface area contributed by atoms with Gasteiger partial charge in [0.1, 0.15) is 6.54 Å². The summed E-state index contributed by atoms with van der Waals surface area (Å²) >= 11 is 0. The van der Waals surface area contributed by atoms with Crippen molar-refractivity contribution in [2.24, 2.45) is 5.92 Å². The van der Waals surface area contributed by atoms with Crippen molar-refractivity contribution < 1.29 is 4.79 Å². The molecule has 19 heavy (non-hydrogen) atoms. The molecule has 1 fully saturated rings. The van der Waals surface area contributed by atoms with E-state index in [1.807, 2.05) is 30.3 Å². The van der Waals surface area contributed by atoms with E-state index in [0.29, 0.717) is 12.5 Å². The summed E-state index contributed by atoms with van der Waals surface area (Å²) in [6.45, 7) is 3.59. The first-order valence-electron chi connectivity index (χ1n) is 6.65. The third-order valence-electron chi connectivity index (χ3n) is 3.59. The van der Waals surface area contributed by atoms with Crippen molar-refractivity contribution in [3.63, 3.8) is 0 Å². The first-order chi connectivity index (χ1) is 9.22. The van der Waals surface area contributed by atoms with Gasteiger partial charge in [0.05, 0.1) is 12.1 Å². The number of amides is 1. The Balaban J connectivity index is 2.07. The molecular weight excluding hydrogens is 238 g/mol. The largest absolute Gasteiger partial charge is 0.324 e. The van der Waals surface area contributed by atoms with Gasteiger partial charge in [-0.15, -0.1) is 0 Å². The third-order valence-corrected chi connectivity index (χ3v) is 3.59. The SMILES string of the molecule is CC1CCNC1C(=O)N(CC#N)Cc1ccccc1. The normalized spacial score (nSPS) is 21.9. The predicted molar refractivity (Wildman–Crippen MR) is 73.0 cm³/mol. The predicted octanol–water partition coefficient (Wildman–Crippen LogP) is 1.54. The second kappa shape index (κ2) is 6.35. The van der Waals surface area contributed by atoms with Crippen LogP contribution < -0.4 is 5.32 Å². The zero-order chi connectivity index (χ0) is 13.7. The van der Waals surface area contributed by atoms with E-state index in [4.69, 9.17) is 5.26 Å². The molecule has 2 rings (SSSR count). The molecule has 100 valence electrons. The summed E-state index contributed by atoms with van der Waals surface area (Å²) in [4.78, 5) is 14.1. The lowest BCUT2D eigenvalue weighted by atomic mass is 10.0. The van der Waals surface area contributed by atoms with Gasteiger partial charge in [0.2, 0.25) is 5.91 Å². The van der Waals surface area contributed by atoms with Crippen molar-refractivity contribution >= 4 is 5.91 Å². The van der Waals surface area contributed by atoms with Gasteiger partial charge in [-0.1, -0.05) is 37.3 Å². The fourth-order valence-electron chi connectivity index (χ4n) is 2.46. The lowest BCUT2D eigenvalue weighted by molar-refractivity contribution is -0.133. The van der Waals surface area contributed by atoms with Gasteiger partial charge in [-0.05, 0) is 24.4 Å². The van der Waals surface area contributed by atoms with Gasteiger partial charge in [-0.2, -0.15) is 5.26 Å². The molecular formula is C15H19N3O. The van der Waals surface area contributed by atoms with E-state index in [0.717, 1.165) is 18.5 Å². The second-order valence-electron chi connectivity index (χ2n) is 5.04. The summed E-state index contributed by atoms with van der Waals surface area (Å²) in [6, 6.07) is 11.7. The molecule has 4 nitrogen and oxygen atoms in total. The average molecular weight is 257 g/mol. The fourth-order valence-corrected chi connectivity index (χ4v) is 2.46. The van der Waals surface area contributed by atoms with Crippen LogP contribution in [0.15, 0.2) is 30.3 Å². The van der Waals surface area contributed by atoms with Crippen LogP contribution in [0.25, 0.3) is 0 Å². The van der Waals surface area contributed by atoms with E-state index in [2.05, 4.69) is 18.3 Å². The van der Waals surface area contributed by atoms with Crippen molar-refractivity contribution in [2.45, 2.75) is 25.9 Å². The number of carbonyl (C=O) groups is 1. The maximum absolute atomic E-state index is 12.5. The fraction of sp³-hybridized carbons (Fsp3) is 0.467. The van der Waals surface area contributed by atoms with Crippen LogP contribution in [0.2, 0.25) is 0 Å². The van der Waals surface area contributed by atoms with Crippen molar-refractivity contribution in [3.05, 3.63) is 35.9 Å². The summed E-state index contributed by atoms with van der Waals surface area (Å²) in [5.74, 6) is 0.375. The van der Waals surface area contributed by atoms with E-state index in [-0.39, 0.29) is 18.5 Å². The first kappa shape index (κ1) is 13.6. The minimum Gasteiger partial charge on any atom is -0.324 e. The van der Waals surface area contributed by atoms with Crippen molar-refractivity contribution in [3.8, 4) is 6.07 Å². The molecule has 2 atom stereocenters. The van der Waals surface area contributed by atoms with Crippen molar-refractivity contribution in [2.75, 3.05) is 13.1 Å². The Bertz CT molecular complexity index is 466. The molecule has 1 saturated heterocycles. The average Bonchev–Trinajstić information content (AvgIpc) is 2.85. The Hall–Kier alpha value is -1.86.